The molecule has 0 radical (unpaired) electrons. The van der Waals surface area contributed by atoms with Crippen molar-refractivity contribution in [2.24, 2.45) is 0 Å². The first-order chi connectivity index (χ1) is 15.3. The summed E-state index contributed by atoms with van der Waals surface area (Å²) >= 11 is 1.17. The number of aromatic amines is 1. The molecule has 0 amide bonds. The van der Waals surface area contributed by atoms with E-state index in [-0.39, 0.29) is 12.2 Å². The average Bonchev–Trinajstić information content (AvgIpc) is 3.04. The Kier molecular flexibility index (Phi) is 8.00. The minimum absolute atomic E-state index is 0.160. The molecule has 9 heteroatoms. The van der Waals surface area contributed by atoms with Gasteiger partial charge < -0.3 is 19.2 Å². The van der Waals surface area contributed by atoms with Crippen LogP contribution in [0.1, 0.15) is 32.2 Å². The first-order valence-corrected chi connectivity index (χ1v) is 11.2. The highest BCUT2D eigenvalue weighted by Gasteiger charge is 2.20. The van der Waals surface area contributed by atoms with Gasteiger partial charge in [-0.05, 0) is 56.6 Å². The van der Waals surface area contributed by atoms with Gasteiger partial charge in [0.05, 0.1) is 18.5 Å². The number of hydrogen-bond donors (Lipinski definition) is 1. The van der Waals surface area contributed by atoms with Gasteiger partial charge in [0.1, 0.15) is 34.5 Å². The number of thiophene rings is 1. The second-order valence-electron chi connectivity index (χ2n) is 7.79. The molecule has 0 aliphatic carbocycles. The maximum atomic E-state index is 12.7. The number of aromatic nitrogens is 2. The molecule has 0 fully saturated rings. The molecule has 0 saturated carbocycles. The Morgan fingerprint density at radius 3 is 2.53 bits per heavy atom. The summed E-state index contributed by atoms with van der Waals surface area (Å²) in [6.45, 7) is 7.93. The van der Waals surface area contributed by atoms with E-state index >= 15 is 0 Å². The first kappa shape index (κ1) is 23.9. The Bertz CT molecular complexity index is 1130. The predicted octanol–water partition coefficient (Wildman–Crippen LogP) is 3.22. The second kappa shape index (κ2) is 10.7. The number of esters is 1. The molecule has 8 nitrogen and oxygen atoms in total. The fourth-order valence-electron chi connectivity index (χ4n) is 3.41. The van der Waals surface area contributed by atoms with Gasteiger partial charge in [-0.15, -0.1) is 11.3 Å². The van der Waals surface area contributed by atoms with Crippen molar-refractivity contribution in [2.45, 2.75) is 27.3 Å². The van der Waals surface area contributed by atoms with Crippen LogP contribution < -0.4 is 10.3 Å². The van der Waals surface area contributed by atoms with Crippen LogP contribution in [0.25, 0.3) is 10.2 Å². The lowest BCUT2D eigenvalue weighted by Crippen LogP contribution is -2.26. The lowest BCUT2D eigenvalue weighted by Gasteiger charge is -2.16. The van der Waals surface area contributed by atoms with E-state index in [4.69, 9.17) is 14.2 Å². The number of rotatable bonds is 10. The zero-order chi connectivity index (χ0) is 23.3. The van der Waals surface area contributed by atoms with Crippen LogP contribution >= 0.6 is 11.3 Å². The topological polar surface area (TPSA) is 93.8 Å². The van der Waals surface area contributed by atoms with Gasteiger partial charge in [-0.1, -0.05) is 6.07 Å². The molecule has 0 atom stereocenters. The molecule has 0 unspecified atom stereocenters. The zero-order valence-corrected chi connectivity index (χ0v) is 19.9. The predicted molar refractivity (Wildman–Crippen MR) is 125 cm³/mol. The Hall–Kier alpha value is -2.75. The summed E-state index contributed by atoms with van der Waals surface area (Å²) < 4.78 is 16.0. The van der Waals surface area contributed by atoms with Gasteiger partial charge in [0.25, 0.3) is 5.56 Å². The van der Waals surface area contributed by atoms with Gasteiger partial charge in [0.2, 0.25) is 0 Å². The molecular weight excluding hydrogens is 430 g/mol. The van der Waals surface area contributed by atoms with E-state index in [1.165, 1.54) is 18.4 Å². The van der Waals surface area contributed by atoms with Crippen molar-refractivity contribution in [2.75, 3.05) is 40.5 Å². The molecular formula is C23H29N3O5S. The van der Waals surface area contributed by atoms with Gasteiger partial charge >= 0.3 is 5.97 Å². The highest BCUT2D eigenvalue weighted by Crippen LogP contribution is 2.27. The third kappa shape index (κ3) is 5.93. The Morgan fingerprint density at radius 2 is 1.84 bits per heavy atom. The molecule has 2 heterocycles. The van der Waals surface area contributed by atoms with E-state index in [0.29, 0.717) is 52.8 Å². The van der Waals surface area contributed by atoms with Crippen LogP contribution in [0.2, 0.25) is 0 Å². The molecule has 32 heavy (non-hydrogen) atoms. The largest absolute Gasteiger partial charge is 0.492 e. The zero-order valence-electron chi connectivity index (χ0n) is 19.1. The third-order valence-electron chi connectivity index (χ3n) is 4.91. The molecule has 3 aromatic rings. The van der Waals surface area contributed by atoms with Crippen LogP contribution in [0.5, 0.6) is 5.75 Å². The molecule has 3 rings (SSSR count). The lowest BCUT2D eigenvalue weighted by atomic mass is 10.1. The van der Waals surface area contributed by atoms with Gasteiger partial charge in [0, 0.05) is 13.7 Å². The van der Waals surface area contributed by atoms with Crippen LogP contribution in [-0.2, 0) is 16.0 Å². The third-order valence-corrected chi connectivity index (χ3v) is 6.08. The van der Waals surface area contributed by atoms with Crippen molar-refractivity contribution in [3.63, 3.8) is 0 Å². The number of hydrogen-bond acceptors (Lipinski definition) is 8. The van der Waals surface area contributed by atoms with Gasteiger partial charge in [-0.2, -0.15) is 0 Å². The number of nitrogens with zero attached hydrogens (tertiary/aromatic N) is 2. The monoisotopic (exact) mass is 459 g/mol. The Balaban J connectivity index is 1.65. The van der Waals surface area contributed by atoms with Crippen molar-refractivity contribution in [1.82, 2.24) is 14.9 Å². The van der Waals surface area contributed by atoms with E-state index < -0.39 is 5.97 Å². The number of benzene rings is 1. The minimum atomic E-state index is -0.468. The quantitative estimate of drug-likeness (QED) is 0.367. The number of carbonyl (C=O) groups excluding carboxylic acids is 1. The Labute approximate surface area is 191 Å². The molecule has 0 aliphatic rings. The van der Waals surface area contributed by atoms with Crippen molar-refractivity contribution in [1.29, 1.82) is 0 Å². The fraction of sp³-hybridized carbons (Fsp3) is 0.435. The van der Waals surface area contributed by atoms with Crippen LogP contribution in [0, 0.1) is 20.8 Å². The number of nitrogens with one attached hydrogen (secondary N) is 1. The highest BCUT2D eigenvalue weighted by atomic mass is 32.1. The number of methoxy groups -OCH3 is 1. The summed E-state index contributed by atoms with van der Waals surface area (Å²) in [4.78, 5) is 35.3. The highest BCUT2D eigenvalue weighted by molar-refractivity contribution is 7.20. The normalized spacial score (nSPS) is 11.3. The second-order valence-corrected chi connectivity index (χ2v) is 8.79. The van der Waals surface area contributed by atoms with Crippen LogP contribution in [0.3, 0.4) is 0 Å². The maximum absolute atomic E-state index is 12.7. The first-order valence-electron chi connectivity index (χ1n) is 10.4. The minimum Gasteiger partial charge on any atom is -0.492 e. The number of H-pyrrole nitrogens is 1. The van der Waals surface area contributed by atoms with Crippen molar-refractivity contribution in [3.8, 4) is 5.75 Å². The van der Waals surface area contributed by atoms with Gasteiger partial charge in [-0.3, -0.25) is 9.69 Å². The standard InChI is InChI=1S/C23H29N3O5S/c1-14-10-15(2)12-17(11-14)30-7-6-26(4)13-18-24-21(27)19-16(3)20(32-22(19)25-18)23(28)31-9-8-29-5/h10-12H,6-9,13H2,1-5H3,(H,24,25,27). The summed E-state index contributed by atoms with van der Waals surface area (Å²) in [6.07, 6.45) is 0. The molecule has 172 valence electrons. The number of fused-ring (bicyclic) bond motifs is 1. The van der Waals surface area contributed by atoms with E-state index in [9.17, 15) is 9.59 Å². The van der Waals surface area contributed by atoms with Gasteiger partial charge in [0.15, 0.2) is 0 Å². The summed E-state index contributed by atoms with van der Waals surface area (Å²) in [7, 11) is 3.48. The average molecular weight is 460 g/mol. The SMILES string of the molecule is COCCOC(=O)c1sc2nc(CN(C)CCOc3cc(C)cc(C)c3)[nH]c(=O)c2c1C. The summed E-state index contributed by atoms with van der Waals surface area (Å²) in [5.41, 5.74) is 2.66. The van der Waals surface area contributed by atoms with E-state index in [0.717, 1.165) is 16.9 Å². The summed E-state index contributed by atoms with van der Waals surface area (Å²) in [5, 5.41) is 0.429. The van der Waals surface area contributed by atoms with E-state index in [1.807, 2.05) is 37.9 Å². The fourth-order valence-corrected chi connectivity index (χ4v) is 4.51. The van der Waals surface area contributed by atoms with E-state index in [2.05, 4.69) is 16.0 Å². The van der Waals surface area contributed by atoms with Crippen LogP contribution in [0.4, 0.5) is 0 Å². The number of likely N-dealkylation sites (N-methyl/N-ethyl adjacent to an activating group) is 1. The molecule has 0 spiro atoms. The summed E-state index contributed by atoms with van der Waals surface area (Å²) in [5.74, 6) is 0.920. The lowest BCUT2D eigenvalue weighted by molar-refractivity contribution is 0.0393. The number of ether oxygens (including phenoxy) is 3. The number of aryl methyl sites for hydroxylation is 3. The van der Waals surface area contributed by atoms with Crippen LogP contribution in [0.15, 0.2) is 23.0 Å². The molecule has 2 aromatic heterocycles. The molecule has 0 saturated heterocycles. The summed E-state index contributed by atoms with van der Waals surface area (Å²) in [6, 6.07) is 6.13. The number of carbonyl (C=O) groups is 1. The molecule has 1 aromatic carbocycles. The van der Waals surface area contributed by atoms with E-state index in [1.54, 1.807) is 6.92 Å². The molecule has 0 bridgehead atoms. The van der Waals surface area contributed by atoms with Gasteiger partial charge in [-0.25, -0.2) is 9.78 Å². The van der Waals surface area contributed by atoms with Crippen molar-refractivity contribution >= 4 is 27.5 Å². The Morgan fingerprint density at radius 1 is 1.12 bits per heavy atom. The van der Waals surface area contributed by atoms with Crippen molar-refractivity contribution in [3.05, 3.63) is 55.9 Å². The molecule has 1 N–H and O–H groups in total. The smallest absolute Gasteiger partial charge is 0.348 e. The van der Waals surface area contributed by atoms with Crippen LogP contribution in [-0.4, -0.2) is 61.4 Å². The van der Waals surface area contributed by atoms with Crippen molar-refractivity contribution < 1.29 is 19.0 Å². The maximum Gasteiger partial charge on any atom is 0.348 e. The molecule has 0 aliphatic heterocycles.